The number of nitrogens with one attached hydrogen (secondary N) is 2. The number of nitrogens with zero attached hydrogens (tertiary/aromatic N) is 2. The average Bonchev–Trinajstić information content (AvgIpc) is 3.04. The number of fused-ring (bicyclic) bond motifs is 5. The Morgan fingerprint density at radius 1 is 1.26 bits per heavy atom. The quantitative estimate of drug-likeness (QED) is 0.360. The summed E-state index contributed by atoms with van der Waals surface area (Å²) in [5, 5.41) is 19.5. The standard InChI is InChI=1S/C22H17FN4O3S/c1-11-10-24-20-19-15-4-3-14(9-12-8-13(23)2-6-17(12)27(29)30)26-16(15)5-7-18(19)31-21(20)22(28)25-11/h2-8,11,24H,9-10H2,1H3,(H,25,28)/t11-/m1/s1. The highest BCUT2D eigenvalue weighted by molar-refractivity contribution is 7.21. The number of aromatic nitrogens is 1. The molecular weight excluding hydrogens is 419 g/mol. The first-order chi connectivity index (χ1) is 14.9. The molecule has 0 bridgehead atoms. The Morgan fingerprint density at radius 2 is 2.10 bits per heavy atom. The van der Waals surface area contributed by atoms with E-state index in [1.807, 2.05) is 25.1 Å². The van der Waals surface area contributed by atoms with Crippen LogP contribution in [0, 0.1) is 15.9 Å². The molecular formula is C22H17FN4O3S. The molecule has 0 saturated carbocycles. The summed E-state index contributed by atoms with van der Waals surface area (Å²) >= 11 is 1.43. The van der Waals surface area contributed by atoms with Gasteiger partial charge < -0.3 is 10.6 Å². The number of nitro groups is 1. The number of benzene rings is 2. The second-order valence-corrected chi connectivity index (χ2v) is 8.63. The van der Waals surface area contributed by atoms with E-state index in [9.17, 15) is 19.3 Å². The monoisotopic (exact) mass is 436 g/mol. The van der Waals surface area contributed by atoms with Gasteiger partial charge in [0.1, 0.15) is 10.7 Å². The van der Waals surface area contributed by atoms with Crippen LogP contribution in [0.3, 0.4) is 0 Å². The Balaban J connectivity index is 1.61. The van der Waals surface area contributed by atoms with E-state index in [2.05, 4.69) is 15.6 Å². The van der Waals surface area contributed by atoms with Gasteiger partial charge in [-0.15, -0.1) is 11.3 Å². The zero-order valence-electron chi connectivity index (χ0n) is 16.4. The Morgan fingerprint density at radius 3 is 2.90 bits per heavy atom. The van der Waals surface area contributed by atoms with E-state index in [0.717, 1.165) is 27.2 Å². The predicted octanol–water partition coefficient (Wildman–Crippen LogP) is 4.63. The van der Waals surface area contributed by atoms with Gasteiger partial charge in [-0.05, 0) is 37.3 Å². The van der Waals surface area contributed by atoms with Crippen molar-refractivity contribution in [1.82, 2.24) is 10.3 Å². The molecule has 1 atom stereocenters. The van der Waals surface area contributed by atoms with Gasteiger partial charge in [-0.25, -0.2) is 4.39 Å². The summed E-state index contributed by atoms with van der Waals surface area (Å²) in [5.74, 6) is -0.618. The molecule has 0 saturated heterocycles. The van der Waals surface area contributed by atoms with Gasteiger partial charge in [0, 0.05) is 51.8 Å². The molecule has 5 rings (SSSR count). The molecule has 0 fully saturated rings. The van der Waals surface area contributed by atoms with E-state index in [-0.39, 0.29) is 29.6 Å². The summed E-state index contributed by atoms with van der Waals surface area (Å²) in [6.07, 6.45) is 0.141. The molecule has 2 N–H and O–H groups in total. The SMILES string of the molecule is C[C@@H]1CNc2c(sc3ccc4nc(Cc5cc(F)ccc5[N+](=O)[O-])ccc4c23)C(=O)N1. The van der Waals surface area contributed by atoms with Crippen molar-refractivity contribution in [3.63, 3.8) is 0 Å². The number of hydrogen-bond acceptors (Lipinski definition) is 6. The maximum Gasteiger partial charge on any atom is 0.273 e. The first-order valence-electron chi connectivity index (χ1n) is 9.73. The molecule has 2 aromatic heterocycles. The number of pyridine rings is 1. The molecule has 1 aliphatic rings. The smallest absolute Gasteiger partial charge is 0.273 e. The van der Waals surface area contributed by atoms with Gasteiger partial charge >= 0.3 is 0 Å². The number of carbonyl (C=O) groups excluding carboxylic acids is 1. The normalized spacial score (nSPS) is 15.9. The summed E-state index contributed by atoms with van der Waals surface area (Å²) < 4.78 is 14.7. The summed E-state index contributed by atoms with van der Waals surface area (Å²) in [6, 6.07) is 10.9. The van der Waals surface area contributed by atoms with Gasteiger partial charge in [-0.1, -0.05) is 6.07 Å². The topological polar surface area (TPSA) is 97.2 Å². The molecule has 3 heterocycles. The summed E-state index contributed by atoms with van der Waals surface area (Å²) in [5.41, 5.74) is 2.26. The number of hydrogen-bond donors (Lipinski definition) is 2. The molecule has 0 spiro atoms. The van der Waals surface area contributed by atoms with Crippen LogP contribution < -0.4 is 10.6 Å². The van der Waals surface area contributed by atoms with Crippen LogP contribution in [0.25, 0.3) is 21.0 Å². The highest BCUT2D eigenvalue weighted by Crippen LogP contribution is 2.41. The van der Waals surface area contributed by atoms with Gasteiger partial charge in [0.15, 0.2) is 0 Å². The van der Waals surface area contributed by atoms with E-state index in [0.29, 0.717) is 22.6 Å². The lowest BCUT2D eigenvalue weighted by Gasteiger charge is -2.10. The zero-order chi connectivity index (χ0) is 21.7. The molecule has 9 heteroatoms. The van der Waals surface area contributed by atoms with Crippen LogP contribution >= 0.6 is 11.3 Å². The van der Waals surface area contributed by atoms with Crippen molar-refractivity contribution in [2.75, 3.05) is 11.9 Å². The molecule has 1 amide bonds. The zero-order valence-corrected chi connectivity index (χ0v) is 17.3. The molecule has 2 aromatic carbocycles. The van der Waals surface area contributed by atoms with Crippen LogP contribution in [0.5, 0.6) is 0 Å². The van der Waals surface area contributed by atoms with Gasteiger partial charge in [0.2, 0.25) is 0 Å². The number of carbonyl (C=O) groups is 1. The van der Waals surface area contributed by atoms with Crippen molar-refractivity contribution in [1.29, 1.82) is 0 Å². The minimum atomic E-state index is -0.525. The Hall–Kier alpha value is -3.59. The third-order valence-electron chi connectivity index (χ3n) is 5.36. The number of anilines is 1. The van der Waals surface area contributed by atoms with Crippen LogP contribution in [0.2, 0.25) is 0 Å². The van der Waals surface area contributed by atoms with Crippen molar-refractivity contribution in [3.05, 3.63) is 74.5 Å². The Kier molecular flexibility index (Phi) is 4.55. The number of rotatable bonds is 3. The molecule has 4 aromatic rings. The maximum atomic E-state index is 13.7. The predicted molar refractivity (Wildman–Crippen MR) is 118 cm³/mol. The van der Waals surface area contributed by atoms with Gasteiger partial charge in [0.05, 0.1) is 16.1 Å². The Labute approximate surface area is 180 Å². The van der Waals surface area contributed by atoms with Crippen LogP contribution in [0.15, 0.2) is 42.5 Å². The van der Waals surface area contributed by atoms with Crippen LogP contribution in [-0.2, 0) is 6.42 Å². The summed E-state index contributed by atoms with van der Waals surface area (Å²) in [7, 11) is 0. The van der Waals surface area contributed by atoms with E-state index in [1.54, 1.807) is 6.07 Å². The first kappa shape index (κ1) is 19.4. The van der Waals surface area contributed by atoms with Crippen molar-refractivity contribution < 1.29 is 14.1 Å². The number of thiophene rings is 1. The van der Waals surface area contributed by atoms with E-state index in [1.165, 1.54) is 23.5 Å². The highest BCUT2D eigenvalue weighted by atomic mass is 32.1. The lowest BCUT2D eigenvalue weighted by atomic mass is 10.0. The van der Waals surface area contributed by atoms with Crippen LogP contribution in [-0.4, -0.2) is 28.4 Å². The fraction of sp³-hybridized carbons (Fsp3) is 0.182. The van der Waals surface area contributed by atoms with Crippen molar-refractivity contribution in [3.8, 4) is 0 Å². The summed E-state index contributed by atoms with van der Waals surface area (Å²) in [6.45, 7) is 2.57. The average molecular weight is 436 g/mol. The van der Waals surface area contributed by atoms with Gasteiger partial charge in [-0.3, -0.25) is 19.9 Å². The number of amides is 1. The van der Waals surface area contributed by atoms with Crippen LogP contribution in [0.4, 0.5) is 15.8 Å². The first-order valence-corrected chi connectivity index (χ1v) is 10.5. The third kappa shape index (κ3) is 3.36. The fourth-order valence-corrected chi connectivity index (χ4v) is 5.03. The second-order valence-electron chi connectivity index (χ2n) is 7.58. The second kappa shape index (κ2) is 7.28. The molecule has 1 aliphatic heterocycles. The molecule has 0 radical (unpaired) electrons. The maximum absolute atomic E-state index is 13.7. The van der Waals surface area contributed by atoms with Gasteiger partial charge in [0.25, 0.3) is 11.6 Å². The van der Waals surface area contributed by atoms with Crippen LogP contribution in [0.1, 0.15) is 27.9 Å². The lowest BCUT2D eigenvalue weighted by molar-refractivity contribution is -0.385. The third-order valence-corrected chi connectivity index (χ3v) is 6.51. The van der Waals surface area contributed by atoms with Crippen molar-refractivity contribution in [2.45, 2.75) is 19.4 Å². The molecule has 0 unspecified atom stereocenters. The largest absolute Gasteiger partial charge is 0.381 e. The number of nitro benzene ring substituents is 1. The van der Waals surface area contributed by atoms with Gasteiger partial charge in [-0.2, -0.15) is 0 Å². The molecule has 156 valence electrons. The van der Waals surface area contributed by atoms with E-state index >= 15 is 0 Å². The van der Waals surface area contributed by atoms with Crippen molar-refractivity contribution in [2.24, 2.45) is 0 Å². The minimum Gasteiger partial charge on any atom is -0.381 e. The molecule has 0 aliphatic carbocycles. The lowest BCUT2D eigenvalue weighted by Crippen LogP contribution is -2.34. The highest BCUT2D eigenvalue weighted by Gasteiger charge is 2.25. The Bertz CT molecular complexity index is 1380. The van der Waals surface area contributed by atoms with E-state index in [4.69, 9.17) is 0 Å². The summed E-state index contributed by atoms with van der Waals surface area (Å²) in [4.78, 5) is 28.6. The minimum absolute atomic E-state index is 0.0175. The van der Waals surface area contributed by atoms with Crippen molar-refractivity contribution >= 4 is 49.6 Å². The molecule has 7 nitrogen and oxygen atoms in total. The molecule has 31 heavy (non-hydrogen) atoms. The fourth-order valence-electron chi connectivity index (χ4n) is 3.94. The van der Waals surface area contributed by atoms with E-state index < -0.39 is 10.7 Å². The number of halogens is 1.